The first-order chi connectivity index (χ1) is 16.6. The summed E-state index contributed by atoms with van der Waals surface area (Å²) < 4.78 is 1.07. The lowest BCUT2D eigenvalue weighted by Crippen LogP contribution is -2.25. The van der Waals surface area contributed by atoms with Crippen molar-refractivity contribution in [3.8, 4) is 0 Å². The molecule has 4 rings (SSSR count). The molecule has 0 saturated heterocycles. The Morgan fingerprint density at radius 3 is 2.35 bits per heavy atom. The van der Waals surface area contributed by atoms with Crippen molar-refractivity contribution in [2.24, 2.45) is 0 Å². The smallest absolute Gasteiger partial charge is 0.154 e. The maximum Gasteiger partial charge on any atom is 0.154 e. The normalized spacial score (nSPS) is 12.7. The van der Waals surface area contributed by atoms with E-state index in [9.17, 15) is 0 Å². The highest BCUT2D eigenvalue weighted by molar-refractivity contribution is 9.10. The van der Waals surface area contributed by atoms with Gasteiger partial charge in [-0.15, -0.1) is 0 Å². The molecule has 0 amide bonds. The number of fused-ring (bicyclic) bond motifs is 2. The number of anilines is 1. The van der Waals surface area contributed by atoms with Gasteiger partial charge in [-0.3, -0.25) is 0 Å². The second-order valence-corrected chi connectivity index (χ2v) is 9.66. The van der Waals surface area contributed by atoms with E-state index in [-0.39, 0.29) is 0 Å². The number of halogens is 1. The zero-order chi connectivity index (χ0) is 23.9. The van der Waals surface area contributed by atoms with Crippen LogP contribution in [0.25, 0.3) is 33.8 Å². The van der Waals surface area contributed by atoms with Crippen LogP contribution in [0.3, 0.4) is 0 Å². The maximum absolute atomic E-state index is 4.93. The largest absolute Gasteiger partial charge is 0.367 e. The molecule has 0 aliphatic heterocycles. The molecule has 0 radical (unpaired) electrons. The second-order valence-electron chi connectivity index (χ2n) is 8.75. The predicted molar refractivity (Wildman–Crippen MR) is 150 cm³/mol. The number of rotatable bonds is 10. The minimum absolute atomic E-state index is 0.323. The quantitative estimate of drug-likeness (QED) is 0.220. The summed E-state index contributed by atoms with van der Waals surface area (Å²) in [5.74, 6) is 1.62. The van der Waals surface area contributed by atoms with E-state index >= 15 is 0 Å². The molecule has 4 nitrogen and oxygen atoms in total. The van der Waals surface area contributed by atoms with Crippen molar-refractivity contribution >= 4 is 55.6 Å². The summed E-state index contributed by atoms with van der Waals surface area (Å²) in [4.78, 5) is 12.3. The van der Waals surface area contributed by atoms with Gasteiger partial charge in [0.25, 0.3) is 0 Å². The Hall–Kier alpha value is -2.76. The van der Waals surface area contributed by atoms with Crippen LogP contribution < -0.4 is 5.32 Å². The molecule has 34 heavy (non-hydrogen) atoms. The summed E-state index contributed by atoms with van der Waals surface area (Å²) in [7, 11) is 0. The molecule has 1 unspecified atom stereocenters. The summed E-state index contributed by atoms with van der Waals surface area (Å²) in [6.07, 6.45) is 6.32. The first kappa shape index (κ1) is 24.4. The number of hydrogen-bond acceptors (Lipinski definition) is 4. The third-order valence-corrected chi connectivity index (χ3v) is 6.79. The Balaban J connectivity index is 1.63. The van der Waals surface area contributed by atoms with E-state index < -0.39 is 0 Å². The van der Waals surface area contributed by atoms with Gasteiger partial charge >= 0.3 is 0 Å². The Kier molecular flexibility index (Phi) is 8.30. The Labute approximate surface area is 211 Å². The lowest BCUT2D eigenvalue weighted by molar-refractivity contribution is 0.295. The molecule has 1 N–H and O–H groups in total. The summed E-state index contributed by atoms with van der Waals surface area (Å²) in [6, 6.07) is 21.4. The van der Waals surface area contributed by atoms with Gasteiger partial charge in [0.2, 0.25) is 0 Å². The molecule has 1 heterocycles. The van der Waals surface area contributed by atoms with Crippen LogP contribution in [-0.2, 0) is 0 Å². The highest BCUT2D eigenvalue weighted by Gasteiger charge is 2.11. The number of aromatic nitrogens is 2. The number of benzene rings is 3. The van der Waals surface area contributed by atoms with Crippen LogP contribution >= 0.6 is 15.9 Å². The molecule has 1 atom stereocenters. The molecule has 1 aromatic heterocycles. The molecule has 0 saturated carbocycles. The first-order valence-corrected chi connectivity index (χ1v) is 13.0. The van der Waals surface area contributed by atoms with E-state index in [4.69, 9.17) is 9.97 Å². The first-order valence-electron chi connectivity index (χ1n) is 12.2. The maximum atomic E-state index is 4.93. The van der Waals surface area contributed by atoms with Gasteiger partial charge in [0, 0.05) is 15.9 Å². The van der Waals surface area contributed by atoms with Crippen LogP contribution in [-0.4, -0.2) is 40.5 Å². The van der Waals surface area contributed by atoms with E-state index in [1.807, 2.05) is 18.2 Å². The van der Waals surface area contributed by atoms with Gasteiger partial charge in [-0.2, -0.15) is 0 Å². The fraction of sp³-hybridized carbons (Fsp3) is 0.310. The zero-order valence-corrected chi connectivity index (χ0v) is 21.8. The van der Waals surface area contributed by atoms with Gasteiger partial charge in [0.15, 0.2) is 5.82 Å². The van der Waals surface area contributed by atoms with Gasteiger partial charge in [-0.1, -0.05) is 72.3 Å². The topological polar surface area (TPSA) is 41.0 Å². The number of hydrogen-bond donors (Lipinski definition) is 1. The van der Waals surface area contributed by atoms with Crippen molar-refractivity contribution in [2.75, 3.05) is 25.0 Å². The summed E-state index contributed by atoms with van der Waals surface area (Å²) in [5, 5.41) is 7.15. The fourth-order valence-electron chi connectivity index (χ4n) is 4.23. The molecular weight excluding hydrogens is 484 g/mol. The molecule has 0 spiro atoms. The summed E-state index contributed by atoms with van der Waals surface area (Å²) >= 11 is 3.49. The van der Waals surface area contributed by atoms with Crippen LogP contribution in [0.15, 0.2) is 65.1 Å². The Morgan fingerprint density at radius 1 is 0.941 bits per heavy atom. The predicted octanol–water partition coefficient (Wildman–Crippen LogP) is 7.64. The highest BCUT2D eigenvalue weighted by atomic mass is 79.9. The van der Waals surface area contributed by atoms with Crippen molar-refractivity contribution in [1.29, 1.82) is 0 Å². The minimum Gasteiger partial charge on any atom is -0.367 e. The molecule has 0 aliphatic carbocycles. The van der Waals surface area contributed by atoms with Gasteiger partial charge < -0.3 is 10.2 Å². The van der Waals surface area contributed by atoms with Crippen LogP contribution in [0.2, 0.25) is 0 Å². The van der Waals surface area contributed by atoms with Gasteiger partial charge in [0.05, 0.1) is 5.52 Å². The SMILES string of the molecule is CCN(CC)CCCC(C)Nc1nc(/C=C/c2ccc(Br)cc2)nc2cc3ccccc3cc12. The summed E-state index contributed by atoms with van der Waals surface area (Å²) in [6.45, 7) is 10.0. The van der Waals surface area contributed by atoms with Crippen molar-refractivity contribution < 1.29 is 0 Å². The van der Waals surface area contributed by atoms with Gasteiger partial charge in [0.1, 0.15) is 5.82 Å². The Bertz CT molecular complexity index is 1260. The lowest BCUT2D eigenvalue weighted by atomic mass is 10.1. The molecule has 3 aromatic carbocycles. The highest BCUT2D eigenvalue weighted by Crippen LogP contribution is 2.27. The third kappa shape index (κ3) is 6.22. The molecule has 5 heteroatoms. The monoisotopic (exact) mass is 516 g/mol. The molecule has 176 valence electrons. The van der Waals surface area contributed by atoms with Crippen molar-refractivity contribution in [1.82, 2.24) is 14.9 Å². The van der Waals surface area contributed by atoms with Crippen LogP contribution in [0.1, 0.15) is 45.0 Å². The third-order valence-electron chi connectivity index (χ3n) is 6.26. The zero-order valence-electron chi connectivity index (χ0n) is 20.3. The molecule has 4 aromatic rings. The number of nitrogens with one attached hydrogen (secondary N) is 1. The lowest BCUT2D eigenvalue weighted by Gasteiger charge is -2.20. The van der Waals surface area contributed by atoms with E-state index in [1.165, 1.54) is 10.8 Å². The van der Waals surface area contributed by atoms with Crippen molar-refractivity contribution in [3.05, 3.63) is 76.5 Å². The molecule has 0 aliphatic rings. The molecule has 0 bridgehead atoms. The van der Waals surface area contributed by atoms with E-state index in [2.05, 4.69) is 102 Å². The number of nitrogens with zero attached hydrogens (tertiary/aromatic N) is 3. The average Bonchev–Trinajstić information content (AvgIpc) is 2.85. The van der Waals surface area contributed by atoms with E-state index in [0.717, 1.165) is 59.2 Å². The fourth-order valence-corrected chi connectivity index (χ4v) is 4.49. The van der Waals surface area contributed by atoms with Gasteiger partial charge in [-0.05, 0) is 86.1 Å². The average molecular weight is 518 g/mol. The van der Waals surface area contributed by atoms with Crippen molar-refractivity contribution in [2.45, 2.75) is 39.7 Å². The van der Waals surface area contributed by atoms with Crippen LogP contribution in [0, 0.1) is 0 Å². The molecular formula is C29H33BrN4. The standard InChI is InChI=1S/C29H33BrN4/c1-4-34(5-2)18-8-9-21(3)31-29-26-19-23-10-6-7-11-24(23)20-27(26)32-28(33-29)17-14-22-12-15-25(30)16-13-22/h6-7,10-17,19-21H,4-5,8-9,18H2,1-3H3,(H,31,32,33)/b17-14+. The van der Waals surface area contributed by atoms with Crippen molar-refractivity contribution in [3.63, 3.8) is 0 Å². The minimum atomic E-state index is 0.323. The van der Waals surface area contributed by atoms with Crippen LogP contribution in [0.5, 0.6) is 0 Å². The van der Waals surface area contributed by atoms with Gasteiger partial charge in [-0.25, -0.2) is 9.97 Å². The summed E-state index contributed by atoms with van der Waals surface area (Å²) in [5.41, 5.74) is 2.08. The molecule has 0 fully saturated rings. The second kappa shape index (κ2) is 11.6. The van der Waals surface area contributed by atoms with Crippen LogP contribution in [0.4, 0.5) is 5.82 Å². The van der Waals surface area contributed by atoms with E-state index in [0.29, 0.717) is 11.9 Å². The van der Waals surface area contributed by atoms with E-state index in [1.54, 1.807) is 0 Å². The Morgan fingerprint density at radius 2 is 1.65 bits per heavy atom.